The van der Waals surface area contributed by atoms with Crippen LogP contribution in [-0.2, 0) is 26.2 Å². The highest BCUT2D eigenvalue weighted by molar-refractivity contribution is 7.92. The normalized spacial score (nSPS) is 11.8. The van der Waals surface area contributed by atoms with E-state index in [2.05, 4.69) is 5.32 Å². The van der Waals surface area contributed by atoms with Crippen molar-refractivity contribution in [2.45, 2.75) is 37.8 Å². The maximum atomic E-state index is 13.9. The highest BCUT2D eigenvalue weighted by Gasteiger charge is 2.32. The number of anilines is 1. The number of sulfonamides is 1. The van der Waals surface area contributed by atoms with Gasteiger partial charge in [0.1, 0.15) is 24.1 Å². The number of hydrogen-bond acceptors (Lipinski definition) is 6. The van der Waals surface area contributed by atoms with Gasteiger partial charge in [0.25, 0.3) is 10.0 Å². The number of ether oxygens (including phenoxy) is 2. The highest BCUT2D eigenvalue weighted by Crippen LogP contribution is 2.28. The molecule has 1 N–H and O–H groups in total. The third-order valence-corrected chi connectivity index (χ3v) is 8.25. The number of hydrogen-bond donors (Lipinski definition) is 1. The average molecular weight is 588 g/mol. The molecule has 40 heavy (non-hydrogen) atoms. The van der Waals surface area contributed by atoms with Crippen molar-refractivity contribution in [2.24, 2.45) is 0 Å². The minimum Gasteiger partial charge on any atom is -0.497 e. The van der Waals surface area contributed by atoms with Crippen molar-refractivity contribution in [3.05, 3.63) is 83.4 Å². The number of rotatable bonds is 13. The number of halogens is 1. The molecule has 0 fully saturated rings. The van der Waals surface area contributed by atoms with Crippen LogP contribution < -0.4 is 19.1 Å². The van der Waals surface area contributed by atoms with E-state index in [0.29, 0.717) is 23.1 Å². The summed E-state index contributed by atoms with van der Waals surface area (Å²) in [7, 11) is -1.20. The van der Waals surface area contributed by atoms with Gasteiger partial charge in [0.2, 0.25) is 11.8 Å². The Morgan fingerprint density at radius 1 is 0.950 bits per heavy atom. The first-order chi connectivity index (χ1) is 19.1. The molecule has 3 rings (SSSR count). The van der Waals surface area contributed by atoms with Gasteiger partial charge in [-0.1, -0.05) is 36.7 Å². The molecular weight excluding hydrogens is 554 g/mol. The fourth-order valence-electron chi connectivity index (χ4n) is 3.98. The Hall–Kier alpha value is -3.76. The van der Waals surface area contributed by atoms with Crippen LogP contribution in [0.1, 0.15) is 25.8 Å². The summed E-state index contributed by atoms with van der Waals surface area (Å²) >= 11 is 6.20. The number of nitrogens with one attached hydrogen (secondary N) is 1. The van der Waals surface area contributed by atoms with E-state index in [4.69, 9.17) is 21.1 Å². The van der Waals surface area contributed by atoms with Crippen molar-refractivity contribution in [1.82, 2.24) is 10.2 Å². The van der Waals surface area contributed by atoms with Crippen LogP contribution in [0.25, 0.3) is 0 Å². The second-order valence-electron chi connectivity index (χ2n) is 9.01. The summed E-state index contributed by atoms with van der Waals surface area (Å²) in [5, 5.41) is 3.12. The van der Waals surface area contributed by atoms with Crippen LogP contribution in [0.4, 0.5) is 5.69 Å². The molecule has 0 spiro atoms. The molecule has 11 heteroatoms. The number of benzene rings is 3. The van der Waals surface area contributed by atoms with E-state index < -0.39 is 28.5 Å². The average Bonchev–Trinajstić information content (AvgIpc) is 2.96. The minimum atomic E-state index is -4.22. The van der Waals surface area contributed by atoms with Gasteiger partial charge in [-0.05, 0) is 73.5 Å². The molecule has 0 aliphatic carbocycles. The topological polar surface area (TPSA) is 105 Å². The quantitative estimate of drug-likeness (QED) is 0.316. The predicted molar refractivity (Wildman–Crippen MR) is 155 cm³/mol. The molecule has 3 aromatic rings. The predicted octanol–water partition coefficient (Wildman–Crippen LogP) is 4.50. The molecule has 0 unspecified atom stereocenters. The molecule has 0 saturated heterocycles. The second kappa shape index (κ2) is 14.0. The van der Waals surface area contributed by atoms with Gasteiger partial charge in [-0.2, -0.15) is 0 Å². The van der Waals surface area contributed by atoms with E-state index in [9.17, 15) is 18.0 Å². The summed E-state index contributed by atoms with van der Waals surface area (Å²) in [6, 6.07) is 18.4. The Morgan fingerprint density at radius 3 is 2.25 bits per heavy atom. The lowest BCUT2D eigenvalue weighted by molar-refractivity contribution is -0.139. The molecule has 2 amide bonds. The zero-order valence-corrected chi connectivity index (χ0v) is 24.5. The summed E-state index contributed by atoms with van der Waals surface area (Å²) in [5.74, 6) is 0.167. The van der Waals surface area contributed by atoms with Crippen LogP contribution in [0.15, 0.2) is 77.7 Å². The van der Waals surface area contributed by atoms with Gasteiger partial charge in [-0.25, -0.2) is 8.42 Å². The molecule has 0 heterocycles. The van der Waals surface area contributed by atoms with Crippen LogP contribution in [0, 0.1) is 0 Å². The molecule has 0 saturated carbocycles. The lowest BCUT2D eigenvalue weighted by Crippen LogP contribution is -2.51. The van der Waals surface area contributed by atoms with Gasteiger partial charge < -0.3 is 19.7 Å². The molecule has 0 bridgehead atoms. The lowest BCUT2D eigenvalue weighted by atomic mass is 10.1. The van der Waals surface area contributed by atoms with E-state index >= 15 is 0 Å². The Balaban J connectivity index is 2.03. The van der Waals surface area contributed by atoms with Crippen molar-refractivity contribution in [2.75, 3.05) is 31.6 Å². The molecule has 9 nitrogen and oxygen atoms in total. The molecule has 0 aliphatic heterocycles. The summed E-state index contributed by atoms with van der Waals surface area (Å²) in [6.07, 6.45) is 0.727. The third-order valence-electron chi connectivity index (χ3n) is 6.23. The maximum absolute atomic E-state index is 13.9. The molecule has 0 aliphatic rings. The molecule has 1 atom stereocenters. The zero-order chi connectivity index (χ0) is 29.3. The first-order valence-corrected chi connectivity index (χ1v) is 14.5. The summed E-state index contributed by atoms with van der Waals surface area (Å²) in [6.45, 7) is 3.49. The molecule has 3 aromatic carbocycles. The monoisotopic (exact) mass is 587 g/mol. The number of nitrogens with zero attached hydrogens (tertiary/aromatic N) is 2. The standard InChI is InChI=1S/C29H34ClN3O6S/c1-5-16-31-29(35)21(2)32(19-22-8-6-11-26(17-22)39-4)28(34)20-33(24-10-7-9-23(30)18-24)40(36,37)27-14-12-25(38-3)13-15-27/h6-15,17-18,21H,5,16,19-20H2,1-4H3,(H,31,35)/t21-/m0/s1. The van der Waals surface area contributed by atoms with Crippen molar-refractivity contribution in [3.63, 3.8) is 0 Å². The lowest BCUT2D eigenvalue weighted by Gasteiger charge is -2.32. The van der Waals surface area contributed by atoms with Crippen LogP contribution in [-0.4, -0.2) is 58.5 Å². The number of methoxy groups -OCH3 is 2. The van der Waals surface area contributed by atoms with Gasteiger partial charge >= 0.3 is 0 Å². The van der Waals surface area contributed by atoms with E-state index in [0.717, 1.165) is 16.3 Å². The highest BCUT2D eigenvalue weighted by atomic mass is 35.5. The first kappa shape index (κ1) is 30.8. The summed E-state index contributed by atoms with van der Waals surface area (Å²) < 4.78 is 39.2. The third kappa shape index (κ3) is 7.67. The van der Waals surface area contributed by atoms with E-state index in [1.54, 1.807) is 43.3 Å². The van der Waals surface area contributed by atoms with Gasteiger partial charge in [-0.15, -0.1) is 0 Å². The minimum absolute atomic E-state index is 0.0332. The Morgan fingerprint density at radius 2 is 1.62 bits per heavy atom. The van der Waals surface area contributed by atoms with Crippen LogP contribution >= 0.6 is 11.6 Å². The van der Waals surface area contributed by atoms with Gasteiger partial charge in [0.05, 0.1) is 24.8 Å². The largest absolute Gasteiger partial charge is 0.497 e. The second-order valence-corrected chi connectivity index (χ2v) is 11.3. The van der Waals surface area contributed by atoms with Crippen LogP contribution in [0.2, 0.25) is 5.02 Å². The zero-order valence-electron chi connectivity index (χ0n) is 23.0. The number of carbonyl (C=O) groups excluding carboxylic acids is 2. The molecule has 0 aromatic heterocycles. The van der Waals surface area contributed by atoms with E-state index in [1.165, 1.54) is 49.5 Å². The van der Waals surface area contributed by atoms with Crippen molar-refractivity contribution in [1.29, 1.82) is 0 Å². The van der Waals surface area contributed by atoms with Crippen molar-refractivity contribution < 1.29 is 27.5 Å². The van der Waals surface area contributed by atoms with Crippen molar-refractivity contribution >= 4 is 39.1 Å². The summed E-state index contributed by atoms with van der Waals surface area (Å²) in [5.41, 5.74) is 0.927. The Kier molecular flexibility index (Phi) is 10.8. The number of amides is 2. The maximum Gasteiger partial charge on any atom is 0.264 e. The fraction of sp³-hybridized carbons (Fsp3) is 0.310. The van der Waals surface area contributed by atoms with E-state index in [-0.39, 0.29) is 23.0 Å². The molecular formula is C29H34ClN3O6S. The Bertz CT molecular complexity index is 1420. The van der Waals surface area contributed by atoms with Crippen LogP contribution in [0.5, 0.6) is 11.5 Å². The van der Waals surface area contributed by atoms with Gasteiger partial charge in [0.15, 0.2) is 0 Å². The van der Waals surface area contributed by atoms with Crippen LogP contribution in [0.3, 0.4) is 0 Å². The van der Waals surface area contributed by atoms with Gasteiger partial charge in [0, 0.05) is 18.1 Å². The molecule has 214 valence electrons. The summed E-state index contributed by atoms with van der Waals surface area (Å²) in [4.78, 5) is 28.2. The van der Waals surface area contributed by atoms with Crippen molar-refractivity contribution in [3.8, 4) is 11.5 Å². The smallest absolute Gasteiger partial charge is 0.264 e. The fourth-order valence-corrected chi connectivity index (χ4v) is 5.57. The SMILES string of the molecule is CCCNC(=O)[C@H](C)N(Cc1cccc(OC)c1)C(=O)CN(c1cccc(Cl)c1)S(=O)(=O)c1ccc(OC)cc1. The first-order valence-electron chi connectivity index (χ1n) is 12.7. The Labute approximate surface area is 240 Å². The van der Waals surface area contributed by atoms with E-state index in [1.807, 2.05) is 13.0 Å². The number of carbonyl (C=O) groups is 2. The van der Waals surface area contributed by atoms with Gasteiger partial charge in [-0.3, -0.25) is 13.9 Å². The molecule has 0 radical (unpaired) electrons.